The van der Waals surface area contributed by atoms with E-state index in [1.54, 1.807) is 24.3 Å². The number of benzene rings is 1. The second-order valence-electron chi connectivity index (χ2n) is 3.28. The van der Waals surface area contributed by atoms with Crippen molar-refractivity contribution in [2.75, 3.05) is 6.61 Å². The highest BCUT2D eigenvalue weighted by Gasteiger charge is 2.00. The number of carbonyl (C=O) groups is 1. The first kappa shape index (κ1) is 11.8. The molecule has 18 heavy (non-hydrogen) atoms. The molecule has 1 aromatic heterocycles. The molecule has 0 bridgehead atoms. The number of nitrogens with zero attached hydrogens (tertiary/aromatic N) is 4. The number of rotatable bonds is 5. The van der Waals surface area contributed by atoms with Crippen molar-refractivity contribution in [1.82, 2.24) is 14.9 Å². The van der Waals surface area contributed by atoms with Crippen LogP contribution in [0, 0.1) is 0 Å². The Morgan fingerprint density at radius 1 is 1.39 bits per heavy atom. The van der Waals surface area contributed by atoms with Crippen molar-refractivity contribution in [3.05, 3.63) is 42.5 Å². The summed E-state index contributed by atoms with van der Waals surface area (Å²) >= 11 is 0. The number of hydrogen-bond donors (Lipinski definition) is 0. The highest BCUT2D eigenvalue weighted by molar-refractivity contribution is 5.83. The quantitative estimate of drug-likeness (QED) is 0.649. The topological polar surface area (TPSA) is 92.4 Å². The van der Waals surface area contributed by atoms with E-state index in [9.17, 15) is 9.90 Å². The molecule has 0 radical (unpaired) electrons. The van der Waals surface area contributed by atoms with E-state index in [1.165, 1.54) is 23.5 Å². The summed E-state index contributed by atoms with van der Waals surface area (Å²) in [7, 11) is 0. The molecule has 92 valence electrons. The van der Waals surface area contributed by atoms with Crippen LogP contribution in [0.25, 0.3) is 0 Å². The van der Waals surface area contributed by atoms with E-state index < -0.39 is 12.6 Å². The third-order valence-corrected chi connectivity index (χ3v) is 2.00. The average Bonchev–Trinajstić information content (AvgIpc) is 2.88. The summed E-state index contributed by atoms with van der Waals surface area (Å²) in [5, 5.41) is 21.6. The Bertz CT molecular complexity index is 551. The second-order valence-corrected chi connectivity index (χ2v) is 3.28. The predicted octanol–water partition coefficient (Wildman–Crippen LogP) is -0.711. The summed E-state index contributed by atoms with van der Waals surface area (Å²) in [6.45, 7) is -0.502. The number of carboxylic acids is 1. The molecule has 7 heteroatoms. The van der Waals surface area contributed by atoms with Gasteiger partial charge in [-0.25, -0.2) is 4.68 Å². The Kier molecular flexibility index (Phi) is 3.65. The van der Waals surface area contributed by atoms with Crippen LogP contribution in [0.4, 0.5) is 0 Å². The molecule has 1 heterocycles. The molecule has 1 aromatic carbocycles. The maximum atomic E-state index is 10.3. The smallest absolute Gasteiger partial charge is 0.141 e. The van der Waals surface area contributed by atoms with E-state index in [1.807, 2.05) is 0 Å². The standard InChI is InChI=1S/C11H10N4O3/c16-11(17)6-18-10-4-2-1-3-9(10)5-14-15-7-12-13-8-15/h1-5,7-8H,6H2,(H,16,17)/p-1/b14-5+. The summed E-state index contributed by atoms with van der Waals surface area (Å²) in [6.07, 6.45) is 4.39. The molecule has 0 N–H and O–H groups in total. The minimum atomic E-state index is -1.28. The van der Waals surface area contributed by atoms with Crippen molar-refractivity contribution in [3.8, 4) is 5.75 Å². The van der Waals surface area contributed by atoms with Gasteiger partial charge in [-0.05, 0) is 12.1 Å². The van der Waals surface area contributed by atoms with Crippen molar-refractivity contribution >= 4 is 12.2 Å². The number of hydrogen-bond acceptors (Lipinski definition) is 6. The highest BCUT2D eigenvalue weighted by Crippen LogP contribution is 2.15. The molecule has 0 unspecified atom stereocenters. The van der Waals surface area contributed by atoms with Gasteiger partial charge in [-0.15, -0.1) is 10.2 Å². The normalized spacial score (nSPS) is 10.7. The van der Waals surface area contributed by atoms with Gasteiger partial charge in [-0.2, -0.15) is 5.10 Å². The molecule has 0 aliphatic heterocycles. The van der Waals surface area contributed by atoms with Gasteiger partial charge in [-0.3, -0.25) is 0 Å². The first-order chi connectivity index (χ1) is 8.75. The summed E-state index contributed by atoms with van der Waals surface area (Å²) in [5.74, 6) is -0.862. The number of carbonyl (C=O) groups excluding carboxylic acids is 1. The fraction of sp³-hybridized carbons (Fsp3) is 0.0909. The van der Waals surface area contributed by atoms with Crippen LogP contribution >= 0.6 is 0 Å². The Balaban J connectivity index is 2.14. The van der Waals surface area contributed by atoms with Crippen LogP contribution in [0.3, 0.4) is 0 Å². The van der Waals surface area contributed by atoms with Crippen LogP contribution in [0.1, 0.15) is 5.56 Å². The van der Waals surface area contributed by atoms with Crippen molar-refractivity contribution < 1.29 is 14.6 Å². The van der Waals surface area contributed by atoms with Crippen LogP contribution in [-0.4, -0.2) is 33.7 Å². The van der Waals surface area contributed by atoms with E-state index in [0.29, 0.717) is 11.3 Å². The van der Waals surface area contributed by atoms with Gasteiger partial charge in [0.1, 0.15) is 25.0 Å². The summed E-state index contributed by atoms with van der Waals surface area (Å²) in [4.78, 5) is 10.3. The summed E-state index contributed by atoms with van der Waals surface area (Å²) < 4.78 is 6.49. The Hall–Kier alpha value is -2.70. The SMILES string of the molecule is O=C([O-])COc1ccccc1/C=N/n1cnnc1. The third kappa shape index (κ3) is 3.14. The molecule has 7 nitrogen and oxygen atoms in total. The van der Waals surface area contributed by atoms with Gasteiger partial charge in [0.05, 0.1) is 12.2 Å². The van der Waals surface area contributed by atoms with Gasteiger partial charge in [0.2, 0.25) is 0 Å². The molecule has 2 aromatic rings. The number of aliphatic carboxylic acids is 1. The van der Waals surface area contributed by atoms with E-state index in [-0.39, 0.29) is 0 Å². The van der Waals surface area contributed by atoms with Crippen molar-refractivity contribution in [2.45, 2.75) is 0 Å². The van der Waals surface area contributed by atoms with Crippen molar-refractivity contribution in [1.29, 1.82) is 0 Å². The molecule has 0 atom stereocenters. The molecule has 0 saturated heterocycles. The van der Waals surface area contributed by atoms with Gasteiger partial charge >= 0.3 is 0 Å². The van der Waals surface area contributed by atoms with Gasteiger partial charge in [0, 0.05) is 5.56 Å². The Morgan fingerprint density at radius 2 is 2.11 bits per heavy atom. The lowest BCUT2D eigenvalue weighted by Gasteiger charge is -2.08. The summed E-state index contributed by atoms with van der Waals surface area (Å²) in [6, 6.07) is 6.93. The Morgan fingerprint density at radius 3 is 2.83 bits per heavy atom. The van der Waals surface area contributed by atoms with Crippen LogP contribution in [0.5, 0.6) is 5.75 Å². The number of ether oxygens (including phenoxy) is 1. The molecular formula is C11H9N4O3-. The Labute approximate surface area is 102 Å². The summed E-state index contributed by atoms with van der Waals surface area (Å²) in [5.41, 5.74) is 0.646. The molecule has 0 saturated carbocycles. The maximum absolute atomic E-state index is 10.3. The largest absolute Gasteiger partial charge is 0.546 e. The second kappa shape index (κ2) is 5.58. The van der Waals surface area contributed by atoms with Gasteiger partial charge < -0.3 is 14.6 Å². The average molecular weight is 245 g/mol. The molecule has 0 spiro atoms. The number of para-hydroxylation sites is 1. The fourth-order valence-electron chi connectivity index (χ4n) is 1.24. The van der Waals surface area contributed by atoms with Crippen LogP contribution < -0.4 is 9.84 Å². The van der Waals surface area contributed by atoms with Gasteiger partial charge in [0.25, 0.3) is 0 Å². The predicted molar refractivity (Wildman–Crippen MR) is 60.0 cm³/mol. The highest BCUT2D eigenvalue weighted by atomic mass is 16.5. The fourth-order valence-corrected chi connectivity index (χ4v) is 1.24. The third-order valence-electron chi connectivity index (χ3n) is 2.00. The minimum absolute atomic E-state index is 0.415. The lowest BCUT2D eigenvalue weighted by atomic mass is 10.2. The van der Waals surface area contributed by atoms with Crippen molar-refractivity contribution in [3.63, 3.8) is 0 Å². The van der Waals surface area contributed by atoms with Crippen LogP contribution in [0.2, 0.25) is 0 Å². The van der Waals surface area contributed by atoms with Crippen LogP contribution in [0.15, 0.2) is 42.0 Å². The zero-order valence-corrected chi connectivity index (χ0v) is 9.26. The zero-order chi connectivity index (χ0) is 12.8. The molecular weight excluding hydrogens is 236 g/mol. The van der Waals surface area contributed by atoms with Gasteiger partial charge in [-0.1, -0.05) is 12.1 Å². The first-order valence-corrected chi connectivity index (χ1v) is 5.06. The van der Waals surface area contributed by atoms with Gasteiger partial charge in [0.15, 0.2) is 0 Å². The monoisotopic (exact) mass is 245 g/mol. The van der Waals surface area contributed by atoms with Crippen molar-refractivity contribution in [2.24, 2.45) is 5.10 Å². The van der Waals surface area contributed by atoms with E-state index in [2.05, 4.69) is 15.3 Å². The lowest BCUT2D eigenvalue weighted by Crippen LogP contribution is -2.29. The molecule has 0 fully saturated rings. The zero-order valence-electron chi connectivity index (χ0n) is 9.26. The number of aromatic nitrogens is 3. The lowest BCUT2D eigenvalue weighted by molar-refractivity contribution is -0.307. The molecule has 0 aliphatic carbocycles. The van der Waals surface area contributed by atoms with E-state index in [0.717, 1.165) is 0 Å². The molecule has 0 amide bonds. The van der Waals surface area contributed by atoms with Crippen LogP contribution in [-0.2, 0) is 4.79 Å². The van der Waals surface area contributed by atoms with E-state index >= 15 is 0 Å². The first-order valence-electron chi connectivity index (χ1n) is 5.06. The number of carboxylic acid groups (broad SMARTS) is 1. The minimum Gasteiger partial charge on any atom is -0.546 e. The molecule has 2 rings (SSSR count). The van der Waals surface area contributed by atoms with E-state index in [4.69, 9.17) is 4.74 Å². The maximum Gasteiger partial charge on any atom is 0.141 e. The molecule has 0 aliphatic rings.